The number of carbonyl (C=O) groups is 1. The molecular formula is C23H23ClN4O3. The number of hydrogen-bond acceptors (Lipinski definition) is 4. The fourth-order valence-corrected chi connectivity index (χ4v) is 3.89. The minimum atomic E-state index is -0.256. The molecule has 1 N–H and O–H groups in total. The van der Waals surface area contributed by atoms with Crippen molar-refractivity contribution in [3.05, 3.63) is 81.4 Å². The number of rotatable bonds is 6. The van der Waals surface area contributed by atoms with E-state index in [0.717, 1.165) is 22.7 Å². The molecule has 4 aromatic rings. The molecule has 4 rings (SSSR count). The molecule has 3 aromatic heterocycles. The number of amides is 1. The Morgan fingerprint density at radius 2 is 1.97 bits per heavy atom. The van der Waals surface area contributed by atoms with E-state index in [-0.39, 0.29) is 24.1 Å². The lowest BCUT2D eigenvalue weighted by Crippen LogP contribution is -2.38. The van der Waals surface area contributed by atoms with E-state index in [1.54, 1.807) is 18.4 Å². The highest BCUT2D eigenvalue weighted by Crippen LogP contribution is 2.25. The second kappa shape index (κ2) is 8.43. The van der Waals surface area contributed by atoms with Gasteiger partial charge in [0.25, 0.3) is 5.56 Å². The van der Waals surface area contributed by atoms with Crippen LogP contribution in [0.25, 0.3) is 16.7 Å². The molecule has 8 heteroatoms. The van der Waals surface area contributed by atoms with E-state index in [1.165, 1.54) is 10.9 Å². The first-order valence-corrected chi connectivity index (χ1v) is 10.4. The van der Waals surface area contributed by atoms with E-state index in [0.29, 0.717) is 22.5 Å². The van der Waals surface area contributed by atoms with E-state index in [4.69, 9.17) is 16.0 Å². The zero-order chi connectivity index (χ0) is 22.1. The van der Waals surface area contributed by atoms with Crippen LogP contribution >= 0.6 is 11.6 Å². The average Bonchev–Trinajstić information content (AvgIpc) is 3.32. The first-order valence-electron chi connectivity index (χ1n) is 10.00. The van der Waals surface area contributed by atoms with Crippen LogP contribution in [0, 0.1) is 13.8 Å². The van der Waals surface area contributed by atoms with Crippen molar-refractivity contribution in [2.75, 3.05) is 0 Å². The quantitative estimate of drug-likeness (QED) is 0.496. The monoisotopic (exact) mass is 438 g/mol. The van der Waals surface area contributed by atoms with Gasteiger partial charge in [-0.05, 0) is 62.7 Å². The fourth-order valence-electron chi connectivity index (χ4n) is 3.76. The third kappa shape index (κ3) is 4.14. The summed E-state index contributed by atoms with van der Waals surface area (Å²) in [5, 5.41) is 4.04. The number of fused-ring (bicyclic) bond motifs is 1. The van der Waals surface area contributed by atoms with Crippen LogP contribution in [-0.4, -0.2) is 26.1 Å². The van der Waals surface area contributed by atoms with E-state index in [1.807, 2.05) is 49.6 Å². The van der Waals surface area contributed by atoms with Gasteiger partial charge in [-0.2, -0.15) is 0 Å². The maximum absolute atomic E-state index is 13.2. The number of aryl methyl sites for hydroxylation is 1. The fraction of sp³-hybridized carbons (Fsp3) is 0.261. The first-order chi connectivity index (χ1) is 14.8. The lowest BCUT2D eigenvalue weighted by atomic mass is 10.2. The van der Waals surface area contributed by atoms with Crippen LogP contribution in [0.15, 0.2) is 58.2 Å². The van der Waals surface area contributed by atoms with Crippen molar-refractivity contribution < 1.29 is 9.21 Å². The van der Waals surface area contributed by atoms with Crippen LogP contribution in [0.3, 0.4) is 0 Å². The average molecular weight is 439 g/mol. The van der Waals surface area contributed by atoms with Gasteiger partial charge in [0, 0.05) is 28.9 Å². The Hall–Kier alpha value is -3.32. The highest BCUT2D eigenvalue weighted by Gasteiger charge is 2.19. The Morgan fingerprint density at radius 3 is 2.65 bits per heavy atom. The van der Waals surface area contributed by atoms with E-state index in [9.17, 15) is 9.59 Å². The number of nitrogens with zero attached hydrogens (tertiary/aromatic N) is 3. The predicted octanol–water partition coefficient (Wildman–Crippen LogP) is 3.80. The van der Waals surface area contributed by atoms with Gasteiger partial charge in [-0.3, -0.25) is 18.7 Å². The largest absolute Gasteiger partial charge is 0.469 e. The van der Waals surface area contributed by atoms with Crippen molar-refractivity contribution in [3.8, 4) is 5.69 Å². The van der Waals surface area contributed by atoms with Gasteiger partial charge < -0.3 is 9.73 Å². The van der Waals surface area contributed by atoms with E-state index < -0.39 is 0 Å². The number of carbonyl (C=O) groups excluding carboxylic acids is 1. The summed E-state index contributed by atoms with van der Waals surface area (Å²) in [5.74, 6) is 0.538. The van der Waals surface area contributed by atoms with Crippen LogP contribution in [0.5, 0.6) is 0 Å². The molecule has 7 nitrogen and oxygen atoms in total. The summed E-state index contributed by atoms with van der Waals surface area (Å²) in [6.45, 7) is 5.63. The van der Waals surface area contributed by atoms with Crippen molar-refractivity contribution in [1.82, 2.24) is 19.4 Å². The topological polar surface area (TPSA) is 82.1 Å². The Labute approximate surface area is 184 Å². The van der Waals surface area contributed by atoms with Crippen molar-refractivity contribution in [3.63, 3.8) is 0 Å². The molecule has 0 aliphatic heterocycles. The normalized spacial score (nSPS) is 12.3. The molecule has 160 valence electrons. The number of halogens is 1. The molecule has 0 saturated heterocycles. The van der Waals surface area contributed by atoms with Gasteiger partial charge in [0.1, 0.15) is 18.6 Å². The van der Waals surface area contributed by atoms with Crippen LogP contribution < -0.4 is 10.9 Å². The van der Waals surface area contributed by atoms with Crippen molar-refractivity contribution in [2.24, 2.45) is 0 Å². The second-order valence-corrected chi connectivity index (χ2v) is 8.09. The maximum atomic E-state index is 13.2. The molecule has 0 fully saturated rings. The minimum absolute atomic E-state index is 0.102. The smallest absolute Gasteiger partial charge is 0.263 e. The van der Waals surface area contributed by atoms with Gasteiger partial charge in [-0.15, -0.1) is 0 Å². The van der Waals surface area contributed by atoms with Crippen LogP contribution in [0.4, 0.5) is 0 Å². The van der Waals surface area contributed by atoms with Crippen molar-refractivity contribution >= 4 is 28.5 Å². The molecular weight excluding hydrogens is 416 g/mol. The lowest BCUT2D eigenvalue weighted by Gasteiger charge is -2.13. The van der Waals surface area contributed by atoms with E-state index >= 15 is 0 Å². The summed E-state index contributed by atoms with van der Waals surface area (Å²) >= 11 is 6.01. The van der Waals surface area contributed by atoms with Gasteiger partial charge in [0.2, 0.25) is 5.91 Å². The number of furan rings is 1. The number of nitrogens with one attached hydrogen (secondary N) is 1. The standard InChI is InChI=1S/C23H23ClN4O3/c1-14(11-19-5-4-10-31-19)26-20(29)12-27-13-25-22-21(23(27)30)15(2)16(3)28(22)18-8-6-17(24)7-9-18/h4-10,13-14H,11-12H2,1-3H3,(H,26,29)/t14-/m1/s1. The van der Waals surface area contributed by atoms with Crippen LogP contribution in [-0.2, 0) is 17.8 Å². The van der Waals surface area contributed by atoms with Crippen molar-refractivity contribution in [1.29, 1.82) is 0 Å². The Kier molecular flexibility index (Phi) is 5.69. The van der Waals surface area contributed by atoms with Crippen molar-refractivity contribution in [2.45, 2.75) is 39.8 Å². The Morgan fingerprint density at radius 1 is 1.23 bits per heavy atom. The summed E-state index contributed by atoms with van der Waals surface area (Å²) in [6, 6.07) is 10.9. The molecule has 3 heterocycles. The minimum Gasteiger partial charge on any atom is -0.469 e. The summed E-state index contributed by atoms with van der Waals surface area (Å²) < 4.78 is 8.59. The third-order valence-electron chi connectivity index (χ3n) is 5.38. The van der Waals surface area contributed by atoms with Gasteiger partial charge in [0.15, 0.2) is 5.65 Å². The molecule has 1 amide bonds. The Bertz CT molecular complexity index is 1290. The SMILES string of the molecule is Cc1c(C)n(-c2ccc(Cl)cc2)c2ncn(CC(=O)N[C@H](C)Cc3ccco3)c(=O)c12. The second-order valence-electron chi connectivity index (χ2n) is 7.65. The molecule has 0 bridgehead atoms. The zero-order valence-corrected chi connectivity index (χ0v) is 18.3. The lowest BCUT2D eigenvalue weighted by molar-refractivity contribution is -0.122. The number of benzene rings is 1. The van der Waals surface area contributed by atoms with Gasteiger partial charge in [-0.25, -0.2) is 4.98 Å². The van der Waals surface area contributed by atoms with Crippen LogP contribution in [0.1, 0.15) is 23.9 Å². The highest BCUT2D eigenvalue weighted by molar-refractivity contribution is 6.30. The molecule has 0 aliphatic rings. The summed E-state index contributed by atoms with van der Waals surface area (Å²) in [5.41, 5.74) is 2.94. The predicted molar refractivity (Wildman–Crippen MR) is 120 cm³/mol. The molecule has 0 radical (unpaired) electrons. The molecule has 1 aromatic carbocycles. The molecule has 1 atom stereocenters. The summed E-state index contributed by atoms with van der Waals surface area (Å²) in [6.07, 6.45) is 3.60. The third-order valence-corrected chi connectivity index (χ3v) is 5.63. The highest BCUT2D eigenvalue weighted by atomic mass is 35.5. The number of aromatic nitrogens is 3. The molecule has 0 unspecified atom stereocenters. The molecule has 0 spiro atoms. The van der Waals surface area contributed by atoms with Gasteiger partial charge >= 0.3 is 0 Å². The van der Waals surface area contributed by atoms with E-state index in [2.05, 4.69) is 10.3 Å². The summed E-state index contributed by atoms with van der Waals surface area (Å²) in [4.78, 5) is 30.2. The van der Waals surface area contributed by atoms with Crippen LogP contribution in [0.2, 0.25) is 5.02 Å². The maximum Gasteiger partial charge on any atom is 0.263 e. The molecule has 0 aliphatic carbocycles. The van der Waals surface area contributed by atoms with Gasteiger partial charge in [0.05, 0.1) is 11.6 Å². The molecule has 31 heavy (non-hydrogen) atoms. The summed E-state index contributed by atoms with van der Waals surface area (Å²) in [7, 11) is 0. The first kappa shape index (κ1) is 20.9. The number of hydrogen-bond donors (Lipinski definition) is 1. The molecule has 0 saturated carbocycles. The van der Waals surface area contributed by atoms with Gasteiger partial charge in [-0.1, -0.05) is 11.6 Å². The zero-order valence-electron chi connectivity index (χ0n) is 17.6. The Balaban J connectivity index is 1.61.